The Morgan fingerprint density at radius 1 is 1.28 bits per heavy atom. The molecule has 5 nitrogen and oxygen atoms in total. The third-order valence-electron chi connectivity index (χ3n) is 4.04. The summed E-state index contributed by atoms with van der Waals surface area (Å²) in [5.74, 6) is 0.507. The quantitative estimate of drug-likeness (QED) is 0.491. The first-order valence-corrected chi connectivity index (χ1v) is 7.45. The maximum Gasteiger partial charge on any atom is 0.337 e. The number of carbonyl (C=O) groups is 1. The van der Waals surface area contributed by atoms with Crippen LogP contribution in [0.1, 0.15) is 15.9 Å². The third-order valence-corrected chi connectivity index (χ3v) is 4.39. The molecule has 0 aromatic heterocycles. The number of hydrogen-bond donors (Lipinski definition) is 1. The van der Waals surface area contributed by atoms with Gasteiger partial charge in [-0.25, -0.2) is 10.6 Å². The molecule has 0 saturated carbocycles. The minimum atomic E-state index is -3.55. The van der Waals surface area contributed by atoms with Crippen LogP contribution in [0.2, 0.25) is 0 Å². The average molecular weight is 372 g/mol. The van der Waals surface area contributed by atoms with Gasteiger partial charge < -0.3 is 4.74 Å². The van der Waals surface area contributed by atoms with E-state index in [4.69, 9.17) is 17.4 Å². The number of fused-ring (bicyclic) bond motifs is 1. The Bertz CT molecular complexity index is 847. The predicted octanol–water partition coefficient (Wildman–Crippen LogP) is 3.17. The smallest absolute Gasteiger partial charge is 0.337 e. The SMILES string of the molecule is COC(=O)c1ccc(C2=C3C(=C(F)N(N)N3C)C=C(Cl)C2(F)F)cc1. The fourth-order valence-corrected chi connectivity index (χ4v) is 2.96. The van der Waals surface area contributed by atoms with Crippen LogP contribution in [0.15, 0.2) is 52.6 Å². The number of methoxy groups -OCH3 is 1. The summed E-state index contributed by atoms with van der Waals surface area (Å²) < 4.78 is 48.3. The van der Waals surface area contributed by atoms with Gasteiger partial charge in [-0.2, -0.15) is 18.3 Å². The molecule has 1 aliphatic heterocycles. The minimum absolute atomic E-state index is 0.0753. The molecule has 1 aromatic rings. The molecule has 0 unspecified atom stereocenters. The predicted molar refractivity (Wildman–Crippen MR) is 85.5 cm³/mol. The fourth-order valence-electron chi connectivity index (χ4n) is 2.75. The number of likely N-dealkylation sites (N-methyl/N-ethyl adjacent to an activating group) is 1. The van der Waals surface area contributed by atoms with Gasteiger partial charge in [0, 0.05) is 7.05 Å². The number of benzene rings is 1. The van der Waals surface area contributed by atoms with Crippen LogP contribution in [-0.2, 0) is 4.74 Å². The molecular weight excluding hydrogens is 359 g/mol. The van der Waals surface area contributed by atoms with Crippen LogP contribution in [0.25, 0.3) is 5.57 Å². The topological polar surface area (TPSA) is 58.8 Å². The van der Waals surface area contributed by atoms with E-state index < -0.39 is 28.4 Å². The zero-order chi connectivity index (χ0) is 18.5. The Labute approximate surface area is 146 Å². The van der Waals surface area contributed by atoms with Crippen LogP contribution in [0.4, 0.5) is 13.2 Å². The van der Waals surface area contributed by atoms with Crippen molar-refractivity contribution in [1.29, 1.82) is 0 Å². The van der Waals surface area contributed by atoms with Crippen molar-refractivity contribution >= 4 is 23.1 Å². The number of hydrazine groups is 2. The van der Waals surface area contributed by atoms with E-state index in [0.29, 0.717) is 5.12 Å². The Hall–Kier alpha value is -2.45. The van der Waals surface area contributed by atoms with Crippen molar-refractivity contribution in [3.63, 3.8) is 0 Å². The van der Waals surface area contributed by atoms with Gasteiger partial charge in [0.25, 0.3) is 0 Å². The molecule has 1 aromatic carbocycles. The van der Waals surface area contributed by atoms with Crippen molar-refractivity contribution in [2.75, 3.05) is 14.2 Å². The fraction of sp³-hybridized carbons (Fsp3) is 0.188. The lowest BCUT2D eigenvalue weighted by atomic mass is 9.89. The highest BCUT2D eigenvalue weighted by atomic mass is 35.5. The molecule has 2 aliphatic rings. The van der Waals surface area contributed by atoms with Crippen molar-refractivity contribution in [2.24, 2.45) is 5.84 Å². The van der Waals surface area contributed by atoms with Gasteiger partial charge in [-0.1, -0.05) is 23.7 Å². The maximum atomic E-state index is 14.8. The molecule has 0 fully saturated rings. The van der Waals surface area contributed by atoms with Gasteiger partial charge in [0.05, 0.1) is 34.5 Å². The maximum absolute atomic E-state index is 14.8. The summed E-state index contributed by atoms with van der Waals surface area (Å²) in [4.78, 5) is 11.5. The summed E-state index contributed by atoms with van der Waals surface area (Å²) in [6.45, 7) is 0. The Balaban J connectivity index is 2.21. The molecule has 0 saturated heterocycles. The second kappa shape index (κ2) is 5.82. The van der Waals surface area contributed by atoms with Crippen molar-refractivity contribution < 1.29 is 22.7 Å². The van der Waals surface area contributed by atoms with Gasteiger partial charge in [0.1, 0.15) is 0 Å². The van der Waals surface area contributed by atoms with E-state index in [-0.39, 0.29) is 22.4 Å². The molecule has 1 heterocycles. The molecule has 1 aliphatic carbocycles. The largest absolute Gasteiger partial charge is 0.465 e. The summed E-state index contributed by atoms with van der Waals surface area (Å²) in [6.07, 6.45) is 0.863. The molecule has 3 rings (SSSR count). The molecule has 2 N–H and O–H groups in total. The van der Waals surface area contributed by atoms with Crippen LogP contribution >= 0.6 is 11.6 Å². The van der Waals surface area contributed by atoms with Crippen molar-refractivity contribution in [3.05, 3.63) is 63.7 Å². The molecule has 0 bridgehead atoms. The standard InChI is InChI=1S/C16H13ClF3N3O2/c1-22-13-10(14(18)23(22)21)7-11(17)16(19,20)12(13)8-3-5-9(6-4-8)15(24)25-2/h3-7H,21H2,1-2H3. The average Bonchev–Trinajstić information content (AvgIpc) is 2.79. The molecule has 0 amide bonds. The zero-order valence-electron chi connectivity index (χ0n) is 13.2. The monoisotopic (exact) mass is 371 g/mol. The first-order valence-electron chi connectivity index (χ1n) is 7.07. The Morgan fingerprint density at radius 2 is 1.88 bits per heavy atom. The highest BCUT2D eigenvalue weighted by Gasteiger charge is 2.49. The summed E-state index contributed by atoms with van der Waals surface area (Å²) in [6, 6.07) is 5.32. The zero-order valence-corrected chi connectivity index (χ0v) is 13.9. The number of halogens is 4. The molecule has 0 radical (unpaired) electrons. The van der Waals surface area contributed by atoms with Crippen molar-refractivity contribution in [3.8, 4) is 0 Å². The molecule has 0 spiro atoms. The second-order valence-corrected chi connectivity index (χ2v) is 5.84. The first-order chi connectivity index (χ1) is 11.7. The van der Waals surface area contributed by atoms with Gasteiger partial charge in [-0.3, -0.25) is 5.01 Å². The number of alkyl halides is 2. The van der Waals surface area contributed by atoms with Crippen LogP contribution in [0.3, 0.4) is 0 Å². The van der Waals surface area contributed by atoms with E-state index in [1.54, 1.807) is 0 Å². The summed E-state index contributed by atoms with van der Waals surface area (Å²) in [5.41, 5.74) is -0.462. The number of rotatable bonds is 2. The number of nitrogens with two attached hydrogens (primary N) is 1. The van der Waals surface area contributed by atoms with E-state index in [1.807, 2.05) is 0 Å². The van der Waals surface area contributed by atoms with E-state index in [1.165, 1.54) is 38.4 Å². The van der Waals surface area contributed by atoms with Gasteiger partial charge in [0.15, 0.2) is 0 Å². The normalized spacial score (nSPS) is 19.2. The van der Waals surface area contributed by atoms with Gasteiger partial charge >= 0.3 is 11.9 Å². The van der Waals surface area contributed by atoms with Gasteiger partial charge in [-0.15, -0.1) is 0 Å². The van der Waals surface area contributed by atoms with Crippen molar-refractivity contribution in [2.45, 2.75) is 5.92 Å². The number of carbonyl (C=O) groups excluding carboxylic acids is 1. The van der Waals surface area contributed by atoms with Gasteiger partial charge in [-0.05, 0) is 23.8 Å². The van der Waals surface area contributed by atoms with Crippen LogP contribution < -0.4 is 5.84 Å². The van der Waals surface area contributed by atoms with Crippen LogP contribution in [0, 0.1) is 0 Å². The third kappa shape index (κ3) is 2.49. The number of hydrogen-bond acceptors (Lipinski definition) is 5. The molecular formula is C16H13ClF3N3O2. The molecule has 9 heteroatoms. The number of esters is 1. The molecule has 25 heavy (non-hydrogen) atoms. The van der Waals surface area contributed by atoms with E-state index in [2.05, 4.69) is 4.74 Å². The lowest BCUT2D eigenvalue weighted by Gasteiger charge is -2.30. The number of allylic oxidation sites excluding steroid dienone is 3. The molecule has 0 atom stereocenters. The second-order valence-electron chi connectivity index (χ2n) is 5.43. The van der Waals surface area contributed by atoms with Crippen molar-refractivity contribution in [1.82, 2.24) is 10.1 Å². The highest BCUT2D eigenvalue weighted by Crippen LogP contribution is 2.51. The Morgan fingerprint density at radius 3 is 2.44 bits per heavy atom. The van der Waals surface area contributed by atoms with Crippen LogP contribution in [0.5, 0.6) is 0 Å². The number of ether oxygens (including phenoxy) is 1. The van der Waals surface area contributed by atoms with E-state index in [0.717, 1.165) is 11.1 Å². The minimum Gasteiger partial charge on any atom is -0.465 e. The summed E-state index contributed by atoms with van der Waals surface area (Å²) in [7, 11) is 2.57. The Kier molecular flexibility index (Phi) is 4.04. The highest BCUT2D eigenvalue weighted by molar-refractivity contribution is 6.32. The lowest BCUT2D eigenvalue weighted by molar-refractivity contribution is 0.0600. The number of nitrogens with zero attached hydrogens (tertiary/aromatic N) is 2. The first kappa shape index (κ1) is 17.4. The van der Waals surface area contributed by atoms with Gasteiger partial charge in [0.2, 0.25) is 5.95 Å². The summed E-state index contributed by atoms with van der Waals surface area (Å²) >= 11 is 5.71. The lowest BCUT2D eigenvalue weighted by Crippen LogP contribution is -2.39. The summed E-state index contributed by atoms with van der Waals surface area (Å²) in [5, 5.41) is 0.870. The van der Waals surface area contributed by atoms with Crippen LogP contribution in [-0.4, -0.2) is 36.2 Å². The van der Waals surface area contributed by atoms with E-state index in [9.17, 15) is 18.0 Å². The molecule has 132 valence electrons. The van der Waals surface area contributed by atoms with E-state index >= 15 is 0 Å².